The number of rotatable bonds is 5. The lowest BCUT2D eigenvalue weighted by Gasteiger charge is -2.28. The molecule has 134 valence electrons. The molecule has 2 aromatic rings. The highest BCUT2D eigenvalue weighted by Gasteiger charge is 2.23. The van der Waals surface area contributed by atoms with Crippen LogP contribution in [0.15, 0.2) is 33.7 Å². The van der Waals surface area contributed by atoms with Gasteiger partial charge in [-0.15, -0.1) is 0 Å². The molecule has 1 aliphatic heterocycles. The van der Waals surface area contributed by atoms with Crippen LogP contribution in [0.4, 0.5) is 5.69 Å². The summed E-state index contributed by atoms with van der Waals surface area (Å²) in [4.78, 5) is 17.6. The predicted octanol–water partition coefficient (Wildman–Crippen LogP) is 1.80. The van der Waals surface area contributed by atoms with E-state index in [9.17, 15) is 13.2 Å². The molecule has 1 aliphatic rings. The van der Waals surface area contributed by atoms with Crippen LogP contribution in [0.5, 0.6) is 0 Å². The fraction of sp³-hybridized carbons (Fsp3) is 0.412. The molecule has 0 saturated carbocycles. The zero-order valence-electron chi connectivity index (χ0n) is 14.3. The van der Waals surface area contributed by atoms with E-state index in [1.165, 1.54) is 13.0 Å². The number of carbonyl (C=O) groups is 1. The molecule has 0 unspecified atom stereocenters. The highest BCUT2D eigenvalue weighted by atomic mass is 32.2. The molecule has 0 fully saturated rings. The van der Waals surface area contributed by atoms with Crippen LogP contribution < -0.4 is 9.62 Å². The van der Waals surface area contributed by atoms with Gasteiger partial charge in [-0.05, 0) is 43.5 Å². The van der Waals surface area contributed by atoms with Gasteiger partial charge in [0.15, 0.2) is 5.89 Å². The van der Waals surface area contributed by atoms with Gasteiger partial charge in [0.25, 0.3) is 0 Å². The monoisotopic (exact) mass is 363 g/mol. The van der Waals surface area contributed by atoms with E-state index in [0.29, 0.717) is 24.6 Å². The molecule has 1 aromatic heterocycles. The van der Waals surface area contributed by atoms with E-state index >= 15 is 0 Å². The Kier molecular flexibility index (Phi) is 4.91. The topological polar surface area (TPSA) is 92.5 Å². The van der Waals surface area contributed by atoms with Gasteiger partial charge in [-0.25, -0.2) is 18.1 Å². The summed E-state index contributed by atoms with van der Waals surface area (Å²) in [7, 11) is -3.62. The number of amides is 1. The molecule has 7 nitrogen and oxygen atoms in total. The van der Waals surface area contributed by atoms with Crippen molar-refractivity contribution in [2.24, 2.45) is 0 Å². The number of sulfonamides is 1. The van der Waals surface area contributed by atoms with E-state index in [-0.39, 0.29) is 17.3 Å². The maximum absolute atomic E-state index is 12.5. The Morgan fingerprint density at radius 2 is 2.20 bits per heavy atom. The van der Waals surface area contributed by atoms with Gasteiger partial charge in [-0.2, -0.15) is 0 Å². The Morgan fingerprint density at radius 3 is 2.88 bits per heavy atom. The van der Waals surface area contributed by atoms with Crippen molar-refractivity contribution in [1.82, 2.24) is 9.71 Å². The van der Waals surface area contributed by atoms with E-state index in [2.05, 4.69) is 9.71 Å². The van der Waals surface area contributed by atoms with Crippen LogP contribution >= 0.6 is 0 Å². The summed E-state index contributed by atoms with van der Waals surface area (Å²) in [6.07, 6.45) is 3.58. The second kappa shape index (κ2) is 6.97. The minimum absolute atomic E-state index is 0.0316. The van der Waals surface area contributed by atoms with E-state index in [4.69, 9.17) is 4.42 Å². The molecule has 0 aliphatic carbocycles. The SMILES string of the molecule is CC(=O)N1CCCc2cc(S(=O)(=O)NCCc3ncc(C)o3)ccc21. The van der Waals surface area contributed by atoms with Crippen molar-refractivity contribution < 1.29 is 17.6 Å². The highest BCUT2D eigenvalue weighted by Crippen LogP contribution is 2.29. The first-order valence-corrected chi connectivity index (χ1v) is 9.67. The Hall–Kier alpha value is -2.19. The first-order chi connectivity index (χ1) is 11.9. The predicted molar refractivity (Wildman–Crippen MR) is 92.9 cm³/mol. The van der Waals surface area contributed by atoms with E-state index < -0.39 is 10.0 Å². The number of aryl methyl sites for hydroxylation is 2. The smallest absolute Gasteiger partial charge is 0.240 e. The highest BCUT2D eigenvalue weighted by molar-refractivity contribution is 7.89. The van der Waals surface area contributed by atoms with Gasteiger partial charge in [-0.3, -0.25) is 4.79 Å². The van der Waals surface area contributed by atoms with Crippen molar-refractivity contribution in [2.45, 2.75) is 38.0 Å². The van der Waals surface area contributed by atoms with Crippen molar-refractivity contribution in [3.63, 3.8) is 0 Å². The molecule has 1 aromatic carbocycles. The molecule has 0 radical (unpaired) electrons. The third-order valence-corrected chi connectivity index (χ3v) is 5.62. The lowest BCUT2D eigenvalue weighted by molar-refractivity contribution is -0.116. The fourth-order valence-corrected chi connectivity index (χ4v) is 4.04. The third-order valence-electron chi connectivity index (χ3n) is 4.16. The molecule has 8 heteroatoms. The van der Waals surface area contributed by atoms with Crippen molar-refractivity contribution in [3.8, 4) is 0 Å². The van der Waals surface area contributed by atoms with Crippen LogP contribution in [0.3, 0.4) is 0 Å². The first kappa shape index (κ1) is 17.6. The number of carbonyl (C=O) groups excluding carboxylic acids is 1. The number of nitrogens with zero attached hydrogens (tertiary/aromatic N) is 2. The molecule has 0 spiro atoms. The first-order valence-electron chi connectivity index (χ1n) is 8.19. The van der Waals surface area contributed by atoms with Crippen LogP contribution in [-0.2, 0) is 27.7 Å². The molecule has 3 rings (SSSR count). The summed E-state index contributed by atoms with van der Waals surface area (Å²) >= 11 is 0. The van der Waals surface area contributed by atoms with Gasteiger partial charge in [0.1, 0.15) is 5.76 Å². The number of benzene rings is 1. The van der Waals surface area contributed by atoms with Gasteiger partial charge >= 0.3 is 0 Å². The largest absolute Gasteiger partial charge is 0.446 e. The zero-order valence-corrected chi connectivity index (χ0v) is 15.1. The Labute approximate surface area is 147 Å². The molecule has 0 atom stereocenters. The number of hydrogen-bond donors (Lipinski definition) is 1. The molecule has 25 heavy (non-hydrogen) atoms. The summed E-state index contributed by atoms with van der Waals surface area (Å²) in [6, 6.07) is 4.90. The maximum atomic E-state index is 12.5. The standard InChI is InChI=1S/C17H21N3O4S/c1-12-11-18-17(24-12)7-8-19-25(22,23)15-5-6-16-14(10-15)4-3-9-20(16)13(2)21/h5-6,10-11,19H,3-4,7-9H2,1-2H3. The summed E-state index contributed by atoms with van der Waals surface area (Å²) in [5.74, 6) is 1.17. The van der Waals surface area contributed by atoms with Crippen LogP contribution in [0.2, 0.25) is 0 Å². The quantitative estimate of drug-likeness (QED) is 0.874. The number of fused-ring (bicyclic) bond motifs is 1. The summed E-state index contributed by atoms with van der Waals surface area (Å²) < 4.78 is 32.9. The molecular formula is C17H21N3O4S. The summed E-state index contributed by atoms with van der Waals surface area (Å²) in [6.45, 7) is 4.19. The van der Waals surface area contributed by atoms with Gasteiger partial charge in [0.2, 0.25) is 15.9 Å². The number of nitrogens with one attached hydrogen (secondary N) is 1. The second-order valence-corrected chi connectivity index (χ2v) is 7.84. The van der Waals surface area contributed by atoms with Crippen molar-refractivity contribution >= 4 is 21.6 Å². The van der Waals surface area contributed by atoms with Gasteiger partial charge in [0.05, 0.1) is 11.1 Å². The Morgan fingerprint density at radius 1 is 1.40 bits per heavy atom. The molecular weight excluding hydrogens is 342 g/mol. The summed E-state index contributed by atoms with van der Waals surface area (Å²) in [5, 5.41) is 0. The normalized spacial score (nSPS) is 14.4. The fourth-order valence-electron chi connectivity index (χ4n) is 2.96. The minimum atomic E-state index is -3.62. The van der Waals surface area contributed by atoms with E-state index in [0.717, 1.165) is 24.1 Å². The number of oxazole rings is 1. The average molecular weight is 363 g/mol. The minimum Gasteiger partial charge on any atom is -0.446 e. The summed E-state index contributed by atoms with van der Waals surface area (Å²) in [5.41, 5.74) is 1.68. The number of aromatic nitrogens is 1. The van der Waals surface area contributed by atoms with E-state index in [1.807, 2.05) is 0 Å². The number of anilines is 1. The van der Waals surface area contributed by atoms with Crippen molar-refractivity contribution in [1.29, 1.82) is 0 Å². The van der Waals surface area contributed by atoms with Crippen molar-refractivity contribution in [3.05, 3.63) is 41.6 Å². The molecule has 0 saturated heterocycles. The number of hydrogen-bond acceptors (Lipinski definition) is 5. The van der Waals surface area contributed by atoms with Crippen LogP contribution in [0, 0.1) is 6.92 Å². The third kappa shape index (κ3) is 3.91. The molecule has 2 heterocycles. The van der Waals surface area contributed by atoms with Gasteiger partial charge < -0.3 is 9.32 Å². The maximum Gasteiger partial charge on any atom is 0.240 e. The van der Waals surface area contributed by atoms with E-state index in [1.54, 1.807) is 30.2 Å². The molecule has 1 amide bonds. The van der Waals surface area contributed by atoms with Gasteiger partial charge in [-0.1, -0.05) is 0 Å². The van der Waals surface area contributed by atoms with Gasteiger partial charge in [0, 0.05) is 32.1 Å². The van der Waals surface area contributed by atoms with Crippen molar-refractivity contribution in [2.75, 3.05) is 18.0 Å². The molecule has 0 bridgehead atoms. The lowest BCUT2D eigenvalue weighted by atomic mass is 10.0. The van der Waals surface area contributed by atoms with Crippen LogP contribution in [0.1, 0.15) is 30.6 Å². The molecule has 1 N–H and O–H groups in total. The Bertz CT molecular complexity index is 889. The lowest BCUT2D eigenvalue weighted by Crippen LogP contribution is -2.33. The Balaban J connectivity index is 1.73. The average Bonchev–Trinajstić information content (AvgIpc) is 2.98. The van der Waals surface area contributed by atoms with Crippen LogP contribution in [-0.4, -0.2) is 32.4 Å². The van der Waals surface area contributed by atoms with Crippen LogP contribution in [0.25, 0.3) is 0 Å². The second-order valence-electron chi connectivity index (χ2n) is 6.08. The zero-order chi connectivity index (χ0) is 18.0.